The van der Waals surface area contributed by atoms with Crippen LogP contribution in [0.3, 0.4) is 0 Å². The van der Waals surface area contributed by atoms with Gasteiger partial charge in [0.15, 0.2) is 0 Å². The minimum absolute atomic E-state index is 0.152. The molecule has 1 aromatic carbocycles. The second kappa shape index (κ2) is 4.28. The summed E-state index contributed by atoms with van der Waals surface area (Å²) >= 11 is 0. The average Bonchev–Trinajstić information content (AvgIpc) is 3.06. The molecule has 0 heterocycles. The van der Waals surface area contributed by atoms with Crippen molar-refractivity contribution in [2.75, 3.05) is 5.32 Å². The van der Waals surface area contributed by atoms with E-state index in [-0.39, 0.29) is 11.8 Å². The smallest absolute Gasteiger partial charge is 0.227 e. The van der Waals surface area contributed by atoms with Gasteiger partial charge >= 0.3 is 0 Å². The van der Waals surface area contributed by atoms with Crippen molar-refractivity contribution >= 4 is 11.6 Å². The van der Waals surface area contributed by atoms with Crippen LogP contribution in [0.5, 0.6) is 0 Å². The Labute approximate surface area is 97.1 Å². The molecular formula is C14H19NO. The summed E-state index contributed by atoms with van der Waals surface area (Å²) < 4.78 is 0. The van der Waals surface area contributed by atoms with E-state index < -0.39 is 0 Å². The number of hydrogen-bond donors (Lipinski definition) is 1. The maximum Gasteiger partial charge on any atom is 0.227 e. The quantitative estimate of drug-likeness (QED) is 0.827. The summed E-state index contributed by atoms with van der Waals surface area (Å²) in [5.74, 6) is 0.934. The third kappa shape index (κ3) is 2.26. The van der Waals surface area contributed by atoms with Gasteiger partial charge < -0.3 is 5.32 Å². The summed E-state index contributed by atoms with van der Waals surface area (Å²) in [6.07, 6.45) is 2.42. The monoisotopic (exact) mass is 217 g/mol. The predicted molar refractivity (Wildman–Crippen MR) is 66.4 cm³/mol. The predicted octanol–water partition coefficient (Wildman–Crippen LogP) is 3.29. The summed E-state index contributed by atoms with van der Waals surface area (Å²) in [7, 11) is 0. The fourth-order valence-electron chi connectivity index (χ4n) is 2.06. The molecule has 2 nitrogen and oxygen atoms in total. The number of anilines is 1. The highest BCUT2D eigenvalue weighted by molar-refractivity contribution is 5.94. The second-order valence-corrected chi connectivity index (χ2v) is 4.88. The Balaban J connectivity index is 2.10. The Kier molecular flexibility index (Phi) is 2.99. The molecule has 1 fully saturated rings. The van der Waals surface area contributed by atoms with E-state index in [4.69, 9.17) is 0 Å². The van der Waals surface area contributed by atoms with Crippen LogP contribution >= 0.6 is 0 Å². The van der Waals surface area contributed by atoms with Gasteiger partial charge in [0.25, 0.3) is 0 Å². The molecule has 1 unspecified atom stereocenters. The highest BCUT2D eigenvalue weighted by Crippen LogP contribution is 2.37. The zero-order valence-corrected chi connectivity index (χ0v) is 10.2. The summed E-state index contributed by atoms with van der Waals surface area (Å²) in [4.78, 5) is 12.0. The molecule has 1 atom stereocenters. The molecule has 1 aliphatic carbocycles. The van der Waals surface area contributed by atoms with Gasteiger partial charge in [0.05, 0.1) is 0 Å². The molecule has 0 spiro atoms. The normalized spacial score (nSPS) is 16.9. The van der Waals surface area contributed by atoms with Gasteiger partial charge in [-0.1, -0.05) is 25.1 Å². The van der Waals surface area contributed by atoms with Crippen LogP contribution in [0, 0.1) is 25.7 Å². The van der Waals surface area contributed by atoms with Gasteiger partial charge in [0.1, 0.15) is 0 Å². The first-order chi connectivity index (χ1) is 7.59. The van der Waals surface area contributed by atoms with Crippen LogP contribution in [0.1, 0.15) is 30.9 Å². The molecule has 0 bridgehead atoms. The van der Waals surface area contributed by atoms with Crippen molar-refractivity contribution < 1.29 is 4.79 Å². The highest BCUT2D eigenvalue weighted by atomic mass is 16.1. The van der Waals surface area contributed by atoms with Crippen LogP contribution in [-0.2, 0) is 4.79 Å². The van der Waals surface area contributed by atoms with Crippen LogP contribution in [-0.4, -0.2) is 5.91 Å². The lowest BCUT2D eigenvalue weighted by molar-refractivity contribution is -0.119. The number of para-hydroxylation sites is 1. The number of carbonyl (C=O) groups is 1. The Morgan fingerprint density at radius 2 is 1.88 bits per heavy atom. The van der Waals surface area contributed by atoms with Crippen LogP contribution < -0.4 is 5.32 Å². The van der Waals surface area contributed by atoms with Gasteiger partial charge in [-0.2, -0.15) is 0 Å². The van der Waals surface area contributed by atoms with Gasteiger partial charge in [-0.05, 0) is 43.7 Å². The zero-order chi connectivity index (χ0) is 11.7. The molecule has 2 rings (SSSR count). The first-order valence-corrected chi connectivity index (χ1v) is 5.96. The first kappa shape index (κ1) is 11.2. The van der Waals surface area contributed by atoms with Crippen molar-refractivity contribution in [1.29, 1.82) is 0 Å². The Hall–Kier alpha value is -1.31. The fourth-order valence-corrected chi connectivity index (χ4v) is 2.06. The van der Waals surface area contributed by atoms with Gasteiger partial charge in [0.2, 0.25) is 5.91 Å². The molecule has 0 aliphatic heterocycles. The maximum atomic E-state index is 12.0. The van der Waals surface area contributed by atoms with E-state index in [2.05, 4.69) is 5.32 Å². The number of benzene rings is 1. The molecule has 1 saturated carbocycles. The molecule has 1 aromatic rings. The van der Waals surface area contributed by atoms with E-state index in [0.717, 1.165) is 16.8 Å². The Morgan fingerprint density at radius 1 is 1.31 bits per heavy atom. The van der Waals surface area contributed by atoms with Crippen LogP contribution in [0.15, 0.2) is 18.2 Å². The third-order valence-electron chi connectivity index (χ3n) is 3.47. The second-order valence-electron chi connectivity index (χ2n) is 4.88. The minimum Gasteiger partial charge on any atom is -0.325 e. The van der Waals surface area contributed by atoms with Gasteiger partial charge in [-0.15, -0.1) is 0 Å². The van der Waals surface area contributed by atoms with Crippen molar-refractivity contribution in [1.82, 2.24) is 0 Å². The number of rotatable bonds is 3. The topological polar surface area (TPSA) is 29.1 Å². The van der Waals surface area contributed by atoms with E-state index >= 15 is 0 Å². The number of aryl methyl sites for hydroxylation is 2. The number of nitrogens with one attached hydrogen (secondary N) is 1. The Bertz CT molecular complexity index is 387. The van der Waals surface area contributed by atoms with E-state index in [9.17, 15) is 4.79 Å². The molecule has 16 heavy (non-hydrogen) atoms. The van der Waals surface area contributed by atoms with Crippen molar-refractivity contribution in [3.05, 3.63) is 29.3 Å². The van der Waals surface area contributed by atoms with Crippen LogP contribution in [0.4, 0.5) is 5.69 Å². The summed E-state index contributed by atoms with van der Waals surface area (Å²) in [6.45, 7) is 6.09. The Morgan fingerprint density at radius 3 is 2.38 bits per heavy atom. The standard InChI is InChI=1S/C14H19NO/c1-9-5-4-6-10(2)13(9)15-14(16)11(3)12-7-8-12/h4-6,11-12H,7-8H2,1-3H3,(H,15,16). The molecule has 1 N–H and O–H groups in total. The van der Waals surface area contributed by atoms with Gasteiger partial charge in [0, 0.05) is 11.6 Å². The van der Waals surface area contributed by atoms with E-state index in [0.29, 0.717) is 5.92 Å². The lowest BCUT2D eigenvalue weighted by Crippen LogP contribution is -2.22. The van der Waals surface area contributed by atoms with E-state index in [1.165, 1.54) is 12.8 Å². The molecule has 0 radical (unpaired) electrons. The van der Waals surface area contributed by atoms with Crippen LogP contribution in [0.25, 0.3) is 0 Å². The number of carbonyl (C=O) groups excluding carboxylic acids is 1. The lowest BCUT2D eigenvalue weighted by atomic mass is 10.0. The molecule has 1 aliphatic rings. The maximum absolute atomic E-state index is 12.0. The van der Waals surface area contributed by atoms with Crippen molar-refractivity contribution in [2.24, 2.45) is 11.8 Å². The number of hydrogen-bond acceptors (Lipinski definition) is 1. The van der Waals surface area contributed by atoms with Crippen molar-refractivity contribution in [2.45, 2.75) is 33.6 Å². The minimum atomic E-state index is 0.152. The largest absolute Gasteiger partial charge is 0.325 e. The molecule has 0 aromatic heterocycles. The molecule has 2 heteroatoms. The van der Waals surface area contributed by atoms with E-state index in [1.54, 1.807) is 0 Å². The fraction of sp³-hybridized carbons (Fsp3) is 0.500. The highest BCUT2D eigenvalue weighted by Gasteiger charge is 2.32. The SMILES string of the molecule is Cc1cccc(C)c1NC(=O)C(C)C1CC1. The van der Waals surface area contributed by atoms with Gasteiger partial charge in [-0.25, -0.2) is 0 Å². The molecule has 1 amide bonds. The number of amides is 1. The summed E-state index contributed by atoms with van der Waals surface area (Å²) in [5.41, 5.74) is 3.26. The molecule has 0 saturated heterocycles. The van der Waals surface area contributed by atoms with Crippen molar-refractivity contribution in [3.63, 3.8) is 0 Å². The first-order valence-electron chi connectivity index (χ1n) is 5.96. The van der Waals surface area contributed by atoms with Crippen molar-refractivity contribution in [3.8, 4) is 0 Å². The summed E-state index contributed by atoms with van der Waals surface area (Å²) in [6, 6.07) is 6.08. The average molecular weight is 217 g/mol. The zero-order valence-electron chi connectivity index (χ0n) is 10.2. The van der Waals surface area contributed by atoms with Gasteiger partial charge in [-0.3, -0.25) is 4.79 Å². The molecule has 86 valence electrons. The third-order valence-corrected chi connectivity index (χ3v) is 3.47. The van der Waals surface area contributed by atoms with Crippen LogP contribution in [0.2, 0.25) is 0 Å². The molecular weight excluding hydrogens is 198 g/mol. The lowest BCUT2D eigenvalue weighted by Gasteiger charge is -2.14. The van der Waals surface area contributed by atoms with E-state index in [1.807, 2.05) is 39.0 Å². The summed E-state index contributed by atoms with van der Waals surface area (Å²) in [5, 5.41) is 3.06.